The van der Waals surface area contributed by atoms with Crippen LogP contribution in [-0.2, 0) is 14.3 Å². The first-order valence-corrected chi connectivity index (χ1v) is 6.85. The summed E-state index contributed by atoms with van der Waals surface area (Å²) < 4.78 is 5.08. The lowest BCUT2D eigenvalue weighted by atomic mass is 9.95. The molecule has 1 saturated heterocycles. The van der Waals surface area contributed by atoms with E-state index >= 15 is 0 Å². The van der Waals surface area contributed by atoms with Gasteiger partial charge in [-0.25, -0.2) is 4.79 Å². The molecule has 0 bridgehead atoms. The van der Waals surface area contributed by atoms with E-state index in [2.05, 4.69) is 10.6 Å². The fourth-order valence-corrected chi connectivity index (χ4v) is 2.10. The number of alkyl carbamates (subject to hydrolysis) is 1. The van der Waals surface area contributed by atoms with Gasteiger partial charge in [0.05, 0.1) is 6.04 Å². The number of primary amides is 1. The molecule has 5 N–H and O–H groups in total. The Kier molecular flexibility index (Phi) is 5.54. The lowest BCUT2D eigenvalue weighted by molar-refractivity contribution is -0.129. The Morgan fingerprint density at radius 3 is 2.57 bits per heavy atom. The molecule has 1 aliphatic heterocycles. The van der Waals surface area contributed by atoms with Crippen LogP contribution in [0.1, 0.15) is 33.6 Å². The molecular weight excluding hydrogens is 278 g/mol. The lowest BCUT2D eigenvalue weighted by Crippen LogP contribution is -2.51. The van der Waals surface area contributed by atoms with E-state index < -0.39 is 29.7 Å². The predicted octanol–water partition coefficient (Wildman–Crippen LogP) is -0.748. The minimum atomic E-state index is -1.58. The largest absolute Gasteiger partial charge is 0.444 e. The van der Waals surface area contributed by atoms with Crippen LogP contribution in [0.15, 0.2) is 0 Å². The summed E-state index contributed by atoms with van der Waals surface area (Å²) in [4.78, 5) is 34.5. The number of rotatable bonds is 5. The summed E-state index contributed by atoms with van der Waals surface area (Å²) in [6.45, 7) is 5.61. The maximum atomic E-state index is 11.8. The Morgan fingerprint density at radius 2 is 2.14 bits per heavy atom. The van der Waals surface area contributed by atoms with E-state index in [1.165, 1.54) is 0 Å². The van der Waals surface area contributed by atoms with Crippen LogP contribution >= 0.6 is 0 Å². The number of carbonyl (C=O) groups excluding carboxylic acids is 3. The third-order valence-corrected chi connectivity index (χ3v) is 3.08. The van der Waals surface area contributed by atoms with Crippen molar-refractivity contribution in [2.75, 3.05) is 6.54 Å². The van der Waals surface area contributed by atoms with Crippen molar-refractivity contribution in [1.82, 2.24) is 10.6 Å². The van der Waals surface area contributed by atoms with Gasteiger partial charge in [-0.2, -0.15) is 0 Å². The van der Waals surface area contributed by atoms with Crippen LogP contribution in [-0.4, -0.2) is 47.3 Å². The Labute approximate surface area is 123 Å². The minimum absolute atomic E-state index is 0.120. The second kappa shape index (κ2) is 6.75. The van der Waals surface area contributed by atoms with Gasteiger partial charge in [0.2, 0.25) is 11.8 Å². The van der Waals surface area contributed by atoms with Crippen molar-refractivity contribution in [1.29, 1.82) is 0 Å². The molecule has 8 nitrogen and oxygen atoms in total. The summed E-state index contributed by atoms with van der Waals surface area (Å²) in [6, 6.07) is -0.966. The van der Waals surface area contributed by atoms with E-state index in [1.807, 2.05) is 0 Å². The zero-order valence-corrected chi connectivity index (χ0v) is 12.5. The van der Waals surface area contributed by atoms with Gasteiger partial charge in [-0.05, 0) is 33.6 Å². The van der Waals surface area contributed by atoms with E-state index in [9.17, 15) is 19.5 Å². The van der Waals surface area contributed by atoms with E-state index in [0.29, 0.717) is 13.0 Å². The molecule has 2 unspecified atom stereocenters. The van der Waals surface area contributed by atoms with E-state index in [1.54, 1.807) is 20.8 Å². The molecule has 1 rings (SSSR count). The summed E-state index contributed by atoms with van der Waals surface area (Å²) >= 11 is 0. The van der Waals surface area contributed by atoms with Crippen LogP contribution < -0.4 is 16.4 Å². The molecule has 3 amide bonds. The number of nitrogens with two attached hydrogens (primary N) is 1. The summed E-state index contributed by atoms with van der Waals surface area (Å²) in [5, 5.41) is 14.9. The van der Waals surface area contributed by atoms with Gasteiger partial charge in [0.25, 0.3) is 0 Å². The highest BCUT2D eigenvalue weighted by Gasteiger charge is 2.34. The van der Waals surface area contributed by atoms with E-state index in [-0.39, 0.29) is 18.2 Å². The number of aliphatic hydroxyl groups is 1. The molecule has 0 aromatic rings. The van der Waals surface area contributed by atoms with E-state index in [4.69, 9.17) is 10.5 Å². The van der Waals surface area contributed by atoms with Crippen LogP contribution in [0.2, 0.25) is 0 Å². The van der Waals surface area contributed by atoms with Gasteiger partial charge in [-0.15, -0.1) is 0 Å². The van der Waals surface area contributed by atoms with Gasteiger partial charge in [0.15, 0.2) is 6.10 Å². The molecule has 0 radical (unpaired) electrons. The lowest BCUT2D eigenvalue weighted by Gasteiger charge is -2.26. The molecule has 0 aromatic heterocycles. The van der Waals surface area contributed by atoms with Gasteiger partial charge < -0.3 is 26.2 Å². The first-order chi connectivity index (χ1) is 9.60. The minimum Gasteiger partial charge on any atom is -0.444 e. The number of amides is 3. The summed E-state index contributed by atoms with van der Waals surface area (Å²) in [6.07, 6.45) is -1.65. The molecule has 21 heavy (non-hydrogen) atoms. The van der Waals surface area contributed by atoms with Gasteiger partial charge in [-0.3, -0.25) is 9.59 Å². The molecule has 0 aromatic carbocycles. The second-order valence-electron chi connectivity index (χ2n) is 6.11. The van der Waals surface area contributed by atoms with Crippen LogP contribution in [0, 0.1) is 5.92 Å². The smallest absolute Gasteiger partial charge is 0.407 e. The van der Waals surface area contributed by atoms with Crippen molar-refractivity contribution in [3.05, 3.63) is 0 Å². The molecule has 0 aliphatic carbocycles. The molecule has 1 aliphatic rings. The van der Waals surface area contributed by atoms with Gasteiger partial charge in [0, 0.05) is 12.5 Å². The second-order valence-corrected chi connectivity index (χ2v) is 6.11. The Balaban J connectivity index is 2.70. The van der Waals surface area contributed by atoms with Crippen molar-refractivity contribution < 1.29 is 24.2 Å². The Hall–Kier alpha value is -1.83. The molecule has 0 saturated carbocycles. The molecule has 0 spiro atoms. The fourth-order valence-electron chi connectivity index (χ4n) is 2.10. The topological polar surface area (TPSA) is 131 Å². The summed E-state index contributed by atoms with van der Waals surface area (Å²) in [5.74, 6) is -1.50. The predicted molar refractivity (Wildman–Crippen MR) is 74.1 cm³/mol. The van der Waals surface area contributed by atoms with Gasteiger partial charge >= 0.3 is 6.09 Å². The van der Waals surface area contributed by atoms with Gasteiger partial charge in [-0.1, -0.05) is 0 Å². The maximum absolute atomic E-state index is 11.8. The molecule has 3 atom stereocenters. The monoisotopic (exact) mass is 301 g/mol. The zero-order valence-electron chi connectivity index (χ0n) is 12.5. The van der Waals surface area contributed by atoms with Crippen molar-refractivity contribution in [3.8, 4) is 0 Å². The first kappa shape index (κ1) is 17.2. The number of nitrogens with one attached hydrogen (secondary N) is 2. The summed E-state index contributed by atoms with van der Waals surface area (Å²) in [5.41, 5.74) is 4.36. The maximum Gasteiger partial charge on any atom is 0.407 e. The van der Waals surface area contributed by atoms with Crippen LogP contribution in [0.4, 0.5) is 4.79 Å². The normalized spacial score (nSPS) is 21.3. The molecule has 120 valence electrons. The fraction of sp³-hybridized carbons (Fsp3) is 0.769. The van der Waals surface area contributed by atoms with Crippen LogP contribution in [0.5, 0.6) is 0 Å². The summed E-state index contributed by atoms with van der Waals surface area (Å²) in [7, 11) is 0. The number of hydrogen-bond donors (Lipinski definition) is 4. The molecule has 8 heteroatoms. The zero-order chi connectivity index (χ0) is 16.2. The number of carbonyl (C=O) groups is 3. The highest BCUT2D eigenvalue weighted by atomic mass is 16.6. The van der Waals surface area contributed by atoms with Crippen molar-refractivity contribution >= 4 is 17.9 Å². The highest BCUT2D eigenvalue weighted by Crippen LogP contribution is 2.18. The SMILES string of the molecule is CC(C)(C)OC(=O)NC(C[C@@H]1CCNC1=O)C(O)C(N)=O. The number of hydrogen-bond acceptors (Lipinski definition) is 5. The number of ether oxygens (including phenoxy) is 1. The Morgan fingerprint density at radius 1 is 1.52 bits per heavy atom. The molecule has 1 fully saturated rings. The average molecular weight is 301 g/mol. The average Bonchev–Trinajstić information content (AvgIpc) is 2.70. The van der Waals surface area contributed by atoms with Crippen LogP contribution in [0.25, 0.3) is 0 Å². The standard InChI is InChI=1S/C13H23N3O5/c1-13(2,3)21-12(20)16-8(9(17)10(14)18)6-7-4-5-15-11(7)19/h7-9,17H,4-6H2,1-3H3,(H2,14,18)(H,15,19)(H,16,20)/t7-,8?,9?/m0/s1. The molecular formula is C13H23N3O5. The quantitative estimate of drug-likeness (QED) is 0.531. The van der Waals surface area contributed by atoms with Crippen molar-refractivity contribution in [2.45, 2.75) is 51.4 Å². The van der Waals surface area contributed by atoms with Crippen LogP contribution in [0.3, 0.4) is 0 Å². The van der Waals surface area contributed by atoms with Crippen molar-refractivity contribution in [3.63, 3.8) is 0 Å². The highest BCUT2D eigenvalue weighted by molar-refractivity contribution is 5.82. The van der Waals surface area contributed by atoms with Gasteiger partial charge in [0.1, 0.15) is 5.60 Å². The third-order valence-electron chi connectivity index (χ3n) is 3.08. The van der Waals surface area contributed by atoms with Crippen molar-refractivity contribution in [2.24, 2.45) is 11.7 Å². The third kappa shape index (κ3) is 5.58. The Bertz CT molecular complexity index is 419. The molecule has 1 heterocycles. The van der Waals surface area contributed by atoms with E-state index in [0.717, 1.165) is 0 Å². The first-order valence-electron chi connectivity index (χ1n) is 6.85. The number of aliphatic hydroxyl groups excluding tert-OH is 1.